The lowest BCUT2D eigenvalue weighted by atomic mass is 10.1. The Balaban J connectivity index is 1.96. The first-order valence-electron chi connectivity index (χ1n) is 7.34. The van der Waals surface area contributed by atoms with Crippen molar-refractivity contribution in [2.45, 2.75) is 18.9 Å². The number of hydrogen-bond donors (Lipinski definition) is 0. The molecule has 1 aliphatic rings. The molecule has 2 aromatic carbocycles. The van der Waals surface area contributed by atoms with Crippen LogP contribution in [0.1, 0.15) is 30.3 Å². The minimum Gasteiger partial charge on any atom is -0.372 e. The molecule has 1 unspecified atom stereocenters. The van der Waals surface area contributed by atoms with Crippen molar-refractivity contribution < 1.29 is 4.74 Å². The molecule has 1 fully saturated rings. The number of hydrogen-bond acceptors (Lipinski definition) is 4. The second-order valence-electron chi connectivity index (χ2n) is 5.35. The number of nitrogens with zero attached hydrogens (tertiary/aromatic N) is 4. The van der Waals surface area contributed by atoms with E-state index >= 15 is 0 Å². The van der Waals surface area contributed by atoms with Crippen LogP contribution < -0.4 is 0 Å². The van der Waals surface area contributed by atoms with Crippen LogP contribution in [0.2, 0.25) is 0 Å². The van der Waals surface area contributed by atoms with Crippen molar-refractivity contribution in [2.24, 2.45) is 0 Å². The SMILES string of the molecule is N#Cc1nnn(-c2cccc3ccccc23)c1C1CCCO1. The van der Waals surface area contributed by atoms with Gasteiger partial charge in [-0.3, -0.25) is 0 Å². The van der Waals surface area contributed by atoms with Crippen LogP contribution in [0, 0.1) is 11.3 Å². The van der Waals surface area contributed by atoms with Gasteiger partial charge < -0.3 is 4.74 Å². The van der Waals surface area contributed by atoms with Crippen molar-refractivity contribution >= 4 is 10.8 Å². The van der Waals surface area contributed by atoms with Gasteiger partial charge in [0.15, 0.2) is 5.69 Å². The number of ether oxygens (including phenoxy) is 1. The molecule has 5 nitrogen and oxygen atoms in total. The molecule has 1 saturated heterocycles. The van der Waals surface area contributed by atoms with Crippen molar-refractivity contribution in [1.29, 1.82) is 5.26 Å². The third kappa shape index (κ3) is 1.97. The maximum atomic E-state index is 9.33. The first-order chi connectivity index (χ1) is 10.9. The number of nitriles is 1. The normalized spacial score (nSPS) is 17.7. The van der Waals surface area contributed by atoms with E-state index in [0.29, 0.717) is 5.69 Å². The third-order valence-electron chi connectivity index (χ3n) is 4.04. The molecule has 3 aromatic rings. The van der Waals surface area contributed by atoms with Crippen LogP contribution in [0.3, 0.4) is 0 Å². The Bertz CT molecular complexity index is 866. The Hall–Kier alpha value is -2.71. The van der Waals surface area contributed by atoms with E-state index in [1.54, 1.807) is 4.68 Å². The lowest BCUT2D eigenvalue weighted by Crippen LogP contribution is -2.08. The van der Waals surface area contributed by atoms with Gasteiger partial charge in [0.05, 0.1) is 5.69 Å². The highest BCUT2D eigenvalue weighted by molar-refractivity contribution is 5.90. The van der Waals surface area contributed by atoms with E-state index < -0.39 is 0 Å². The maximum Gasteiger partial charge on any atom is 0.189 e. The Morgan fingerprint density at radius 3 is 2.86 bits per heavy atom. The van der Waals surface area contributed by atoms with Gasteiger partial charge in [0.25, 0.3) is 0 Å². The third-order valence-corrected chi connectivity index (χ3v) is 4.04. The van der Waals surface area contributed by atoms with Crippen molar-refractivity contribution in [3.8, 4) is 11.8 Å². The second-order valence-corrected chi connectivity index (χ2v) is 5.35. The van der Waals surface area contributed by atoms with Crippen molar-refractivity contribution in [3.63, 3.8) is 0 Å². The van der Waals surface area contributed by atoms with Gasteiger partial charge in [-0.1, -0.05) is 41.6 Å². The molecule has 1 atom stereocenters. The molecule has 1 aromatic heterocycles. The highest BCUT2D eigenvalue weighted by atomic mass is 16.5. The molecule has 108 valence electrons. The molecule has 5 heteroatoms. The average molecular weight is 290 g/mol. The first-order valence-corrected chi connectivity index (χ1v) is 7.34. The number of aromatic nitrogens is 3. The molecular formula is C17H14N4O. The lowest BCUT2D eigenvalue weighted by molar-refractivity contribution is 0.106. The summed E-state index contributed by atoms with van der Waals surface area (Å²) in [4.78, 5) is 0. The van der Waals surface area contributed by atoms with Crippen LogP contribution in [0.5, 0.6) is 0 Å². The summed E-state index contributed by atoms with van der Waals surface area (Å²) in [6, 6.07) is 16.3. The largest absolute Gasteiger partial charge is 0.372 e. The minimum absolute atomic E-state index is 0.108. The average Bonchev–Trinajstić information content (AvgIpc) is 3.23. The molecule has 0 amide bonds. The van der Waals surface area contributed by atoms with Gasteiger partial charge in [0.1, 0.15) is 17.9 Å². The van der Waals surface area contributed by atoms with Gasteiger partial charge in [-0.2, -0.15) is 5.26 Å². The van der Waals surface area contributed by atoms with Crippen LogP contribution in [0.4, 0.5) is 0 Å². The van der Waals surface area contributed by atoms with Gasteiger partial charge in [-0.05, 0) is 24.3 Å². The molecule has 0 bridgehead atoms. The van der Waals surface area contributed by atoms with Crippen LogP contribution in [-0.4, -0.2) is 21.6 Å². The Morgan fingerprint density at radius 2 is 2.05 bits per heavy atom. The fourth-order valence-electron chi connectivity index (χ4n) is 3.02. The van der Waals surface area contributed by atoms with Crippen LogP contribution in [0.25, 0.3) is 16.5 Å². The number of rotatable bonds is 2. The zero-order valence-corrected chi connectivity index (χ0v) is 11.9. The van der Waals surface area contributed by atoms with Gasteiger partial charge in [0, 0.05) is 12.0 Å². The quantitative estimate of drug-likeness (QED) is 0.727. The van der Waals surface area contributed by atoms with Crippen molar-refractivity contribution in [2.75, 3.05) is 6.61 Å². The Morgan fingerprint density at radius 1 is 1.18 bits per heavy atom. The molecule has 0 aliphatic carbocycles. The zero-order valence-electron chi connectivity index (χ0n) is 11.9. The highest BCUT2D eigenvalue weighted by Crippen LogP contribution is 2.32. The molecule has 0 spiro atoms. The van der Waals surface area contributed by atoms with Gasteiger partial charge >= 0.3 is 0 Å². The van der Waals surface area contributed by atoms with E-state index in [4.69, 9.17) is 4.74 Å². The molecule has 22 heavy (non-hydrogen) atoms. The topological polar surface area (TPSA) is 63.7 Å². The van der Waals surface area contributed by atoms with Crippen LogP contribution >= 0.6 is 0 Å². The molecule has 0 saturated carbocycles. The molecular weight excluding hydrogens is 276 g/mol. The molecule has 4 rings (SSSR count). The maximum absolute atomic E-state index is 9.33. The van der Waals surface area contributed by atoms with Crippen LogP contribution in [0.15, 0.2) is 42.5 Å². The number of benzene rings is 2. The summed E-state index contributed by atoms with van der Waals surface area (Å²) in [6.07, 6.45) is 1.78. The van der Waals surface area contributed by atoms with E-state index in [-0.39, 0.29) is 6.10 Å². The van der Waals surface area contributed by atoms with E-state index in [1.807, 2.05) is 24.3 Å². The van der Waals surface area contributed by atoms with E-state index in [0.717, 1.165) is 41.6 Å². The minimum atomic E-state index is -0.108. The monoisotopic (exact) mass is 290 g/mol. The molecule has 2 heterocycles. The smallest absolute Gasteiger partial charge is 0.189 e. The fourth-order valence-corrected chi connectivity index (χ4v) is 3.02. The summed E-state index contributed by atoms with van der Waals surface area (Å²) in [5, 5.41) is 19.8. The van der Waals surface area contributed by atoms with Gasteiger partial charge in [0.2, 0.25) is 0 Å². The summed E-state index contributed by atoms with van der Waals surface area (Å²) in [7, 11) is 0. The van der Waals surface area contributed by atoms with Crippen molar-refractivity contribution in [3.05, 3.63) is 53.9 Å². The zero-order chi connectivity index (χ0) is 14.9. The van der Waals surface area contributed by atoms with E-state index in [2.05, 4.69) is 34.6 Å². The van der Waals surface area contributed by atoms with Gasteiger partial charge in [-0.15, -0.1) is 5.10 Å². The standard InChI is InChI=1S/C17H14N4O/c18-11-14-17(16-9-4-10-22-16)21(20-19-14)15-8-3-6-12-5-1-2-7-13(12)15/h1-3,5-8,16H,4,9-10H2. The highest BCUT2D eigenvalue weighted by Gasteiger charge is 2.27. The summed E-state index contributed by atoms with van der Waals surface area (Å²) >= 11 is 0. The van der Waals surface area contributed by atoms with Crippen molar-refractivity contribution in [1.82, 2.24) is 15.0 Å². The first kappa shape index (κ1) is 13.0. The summed E-state index contributed by atoms with van der Waals surface area (Å²) in [5.74, 6) is 0. The van der Waals surface area contributed by atoms with E-state index in [1.165, 1.54) is 0 Å². The summed E-state index contributed by atoms with van der Waals surface area (Å²) < 4.78 is 7.52. The van der Waals surface area contributed by atoms with E-state index in [9.17, 15) is 5.26 Å². The lowest BCUT2D eigenvalue weighted by Gasteiger charge is -2.13. The molecule has 0 radical (unpaired) electrons. The summed E-state index contributed by atoms with van der Waals surface area (Å²) in [5.41, 5.74) is 2.04. The number of fused-ring (bicyclic) bond motifs is 1. The predicted molar refractivity (Wildman–Crippen MR) is 81.5 cm³/mol. The Labute approximate surface area is 127 Å². The van der Waals surface area contributed by atoms with Gasteiger partial charge in [-0.25, -0.2) is 4.68 Å². The fraction of sp³-hybridized carbons (Fsp3) is 0.235. The molecule has 1 aliphatic heterocycles. The Kier molecular flexibility index (Phi) is 3.10. The van der Waals surface area contributed by atoms with Crippen LogP contribution in [-0.2, 0) is 4.74 Å². The summed E-state index contributed by atoms with van der Waals surface area (Å²) in [6.45, 7) is 0.719. The second kappa shape index (κ2) is 5.24. The molecule has 0 N–H and O–H groups in total. The predicted octanol–water partition coefficient (Wildman–Crippen LogP) is 3.14.